The first-order chi connectivity index (χ1) is 23.5. The maximum absolute atomic E-state index is 12.8. The highest BCUT2D eigenvalue weighted by molar-refractivity contribution is 8.01. The van der Waals surface area contributed by atoms with Crippen LogP contribution in [-0.2, 0) is 9.52 Å². The van der Waals surface area contributed by atoms with E-state index in [-0.39, 0.29) is 16.4 Å². The van der Waals surface area contributed by atoms with Crippen LogP contribution >= 0.6 is 0 Å². The Balaban J connectivity index is 1.05. The Morgan fingerprint density at radius 3 is 2.36 bits per heavy atom. The number of likely N-dealkylation sites (tertiary alicyclic amines) is 1. The van der Waals surface area contributed by atoms with Crippen molar-refractivity contribution in [1.82, 2.24) is 10.2 Å². The van der Waals surface area contributed by atoms with E-state index >= 15 is 0 Å². The van der Waals surface area contributed by atoms with E-state index in [4.69, 9.17) is 0 Å². The first-order valence-electron chi connectivity index (χ1n) is 20.0. The van der Waals surface area contributed by atoms with Gasteiger partial charge in [-0.05, 0) is 161 Å². The van der Waals surface area contributed by atoms with E-state index in [1.165, 1.54) is 68.1 Å². The molecule has 0 spiro atoms. The fourth-order valence-corrected chi connectivity index (χ4v) is 17.3. The molecule has 12 atom stereocenters. The number of fused-ring (bicyclic) bond motifs is 9. The first kappa shape index (κ1) is 35.2. The minimum atomic E-state index is -1.86. The fourth-order valence-electron chi connectivity index (χ4n) is 14.9. The van der Waals surface area contributed by atoms with E-state index in [0.717, 1.165) is 38.2 Å². The molecule has 1 unspecified atom stereocenters. The van der Waals surface area contributed by atoms with Gasteiger partial charge in [0.05, 0.1) is 5.56 Å². The maximum Gasteiger partial charge on any atom is 0.335 e. The normalized spacial score (nSPS) is 47.5. The molecule has 5 nitrogen and oxygen atoms in total. The Morgan fingerprint density at radius 1 is 0.980 bits per heavy atom. The lowest BCUT2D eigenvalue weighted by molar-refractivity contribution is -0.219. The van der Waals surface area contributed by atoms with Crippen LogP contribution in [-0.4, -0.2) is 68.3 Å². The van der Waals surface area contributed by atoms with Crippen LogP contribution in [0.1, 0.15) is 122 Å². The van der Waals surface area contributed by atoms with Gasteiger partial charge in [0, 0.05) is 42.2 Å². The molecule has 2 N–H and O–H groups in total. The van der Waals surface area contributed by atoms with E-state index < -0.39 is 15.5 Å². The molecule has 2 heterocycles. The Hall–Kier alpha value is -1.89. The fraction of sp³-hybridized carbons (Fsp3) is 0.727. The zero-order valence-electron chi connectivity index (χ0n) is 31.9. The van der Waals surface area contributed by atoms with Gasteiger partial charge in [0.1, 0.15) is 0 Å². The first-order valence-corrected chi connectivity index (χ1v) is 22.0. The Labute approximate surface area is 303 Å². The van der Waals surface area contributed by atoms with Gasteiger partial charge < -0.3 is 10.4 Å². The standard InChI is InChI=1S/C44H64N2O3S/c1-28(2)33-15-20-44(45-23-24-46-26-32-25-31(46)27-50(32,8)49)22-21-42(6)35(38(33)44)13-14-37-41(5)18-16-34(29-9-11-30(12-10-29)39(47)48)40(3,4)36(41)17-19-43(37,42)7/h9-12,16,31-33,35-38,45H,1,8,13-15,17-27H2,2-7H3,(H,47,48)/t31-,32-,33-,35+,36-,37+,38+,41-,42+,43+,44-,50?/m0/s1. The van der Waals surface area contributed by atoms with Crippen molar-refractivity contribution in [3.63, 3.8) is 0 Å². The molecule has 6 fully saturated rings. The van der Waals surface area contributed by atoms with Crippen molar-refractivity contribution in [2.45, 2.75) is 123 Å². The highest BCUT2D eigenvalue weighted by atomic mass is 32.2. The monoisotopic (exact) mass is 700 g/mol. The number of carboxylic acid groups (broad SMARTS) is 1. The Bertz CT molecular complexity index is 1710. The van der Waals surface area contributed by atoms with Crippen LogP contribution in [0.4, 0.5) is 0 Å². The van der Waals surface area contributed by atoms with Crippen molar-refractivity contribution in [2.24, 2.45) is 51.2 Å². The van der Waals surface area contributed by atoms with Gasteiger partial charge >= 0.3 is 5.97 Å². The topological polar surface area (TPSA) is 69.6 Å². The second kappa shape index (κ2) is 11.6. The summed E-state index contributed by atoms with van der Waals surface area (Å²) in [6, 6.07) is 8.10. The number of aromatic carboxylic acids is 1. The number of hydrogen-bond acceptors (Lipinski definition) is 4. The third-order valence-electron chi connectivity index (χ3n) is 17.5. The lowest BCUT2D eigenvalue weighted by atomic mass is 9.33. The summed E-state index contributed by atoms with van der Waals surface area (Å²) in [5.74, 6) is 7.30. The molecular weight excluding hydrogens is 637 g/mol. The number of benzene rings is 1. The number of allylic oxidation sites excluding steroid dienone is 3. The SMILES string of the molecule is C=C(C)[C@@H]1CC[C@]2(NCCN3C[C@@H]4C[C@H]3CS4(=C)=O)CC[C@]3(C)[C@H](CC[C@@H]4[C@@]5(C)CC=C(c6ccc(C(=O)O)cc6)C(C)(C)[C@@H]5CC[C@]43C)[C@@H]12. The lowest BCUT2D eigenvalue weighted by Crippen LogP contribution is -2.68. The second-order valence-electron chi connectivity index (χ2n) is 19.7. The summed E-state index contributed by atoms with van der Waals surface area (Å²) in [6.07, 6.45) is 15.1. The van der Waals surface area contributed by atoms with Gasteiger partial charge in [0.15, 0.2) is 0 Å². The van der Waals surface area contributed by atoms with Crippen molar-refractivity contribution >= 4 is 26.9 Å². The quantitative estimate of drug-likeness (QED) is 0.221. The van der Waals surface area contributed by atoms with E-state index in [0.29, 0.717) is 57.3 Å². The number of hydrogen-bond donors (Lipinski definition) is 2. The smallest absolute Gasteiger partial charge is 0.335 e. The molecule has 1 aromatic rings. The van der Waals surface area contributed by atoms with Crippen molar-refractivity contribution < 1.29 is 14.1 Å². The zero-order valence-corrected chi connectivity index (χ0v) is 32.7. The third kappa shape index (κ3) is 4.85. The molecule has 8 rings (SSSR count). The van der Waals surface area contributed by atoms with Crippen LogP contribution < -0.4 is 5.32 Å². The summed E-state index contributed by atoms with van der Waals surface area (Å²) in [6.45, 7) is 23.1. The van der Waals surface area contributed by atoms with Gasteiger partial charge in [-0.25, -0.2) is 4.79 Å². The van der Waals surface area contributed by atoms with Crippen LogP contribution in [0.25, 0.3) is 5.57 Å². The highest BCUT2D eigenvalue weighted by Gasteiger charge is 2.70. The van der Waals surface area contributed by atoms with E-state index in [2.05, 4.69) is 70.3 Å². The van der Waals surface area contributed by atoms with E-state index in [1.54, 1.807) is 12.1 Å². The molecule has 2 saturated heterocycles. The molecule has 0 amide bonds. The van der Waals surface area contributed by atoms with Crippen LogP contribution in [0.15, 0.2) is 42.5 Å². The minimum absolute atomic E-state index is 0.0257. The summed E-state index contributed by atoms with van der Waals surface area (Å²) in [5.41, 5.74) is 5.44. The molecule has 2 aliphatic heterocycles. The Kier molecular flexibility index (Phi) is 8.12. The number of carbonyl (C=O) groups is 1. The van der Waals surface area contributed by atoms with Crippen molar-refractivity contribution in [2.75, 3.05) is 25.4 Å². The summed E-state index contributed by atoms with van der Waals surface area (Å²) in [4.78, 5) is 14.2. The molecule has 274 valence electrons. The summed E-state index contributed by atoms with van der Waals surface area (Å²) in [5, 5.41) is 14.1. The van der Waals surface area contributed by atoms with Crippen LogP contribution in [0.5, 0.6) is 0 Å². The third-order valence-corrected chi connectivity index (χ3v) is 20.0. The summed E-state index contributed by atoms with van der Waals surface area (Å²) in [7, 11) is -1.86. The Morgan fingerprint density at radius 2 is 1.72 bits per heavy atom. The van der Waals surface area contributed by atoms with Gasteiger partial charge in [-0.15, -0.1) is 0 Å². The lowest BCUT2D eigenvalue weighted by Gasteiger charge is -2.72. The van der Waals surface area contributed by atoms with Gasteiger partial charge in [0.25, 0.3) is 0 Å². The number of carboxylic acids is 1. The largest absolute Gasteiger partial charge is 0.478 e. The molecule has 50 heavy (non-hydrogen) atoms. The van der Waals surface area contributed by atoms with Crippen molar-refractivity contribution in [1.29, 1.82) is 0 Å². The van der Waals surface area contributed by atoms with Crippen LogP contribution in [0.2, 0.25) is 0 Å². The molecule has 6 heteroatoms. The molecule has 5 aliphatic carbocycles. The van der Waals surface area contributed by atoms with Gasteiger partial charge in [-0.1, -0.05) is 65.0 Å². The van der Waals surface area contributed by atoms with Crippen LogP contribution in [0, 0.1) is 51.2 Å². The molecule has 0 aromatic heterocycles. The number of nitrogens with zero attached hydrogens (tertiary/aromatic N) is 1. The highest BCUT2D eigenvalue weighted by Crippen LogP contribution is 2.76. The molecule has 2 bridgehead atoms. The molecule has 7 aliphatic rings. The predicted octanol–water partition coefficient (Wildman–Crippen LogP) is 8.55. The van der Waals surface area contributed by atoms with Crippen molar-refractivity contribution in [3.8, 4) is 0 Å². The van der Waals surface area contributed by atoms with Gasteiger partial charge in [-0.3, -0.25) is 9.11 Å². The molecule has 1 aromatic carbocycles. The number of nitrogens with one attached hydrogen (secondary N) is 1. The van der Waals surface area contributed by atoms with E-state index in [9.17, 15) is 14.1 Å². The zero-order chi connectivity index (χ0) is 35.6. The van der Waals surface area contributed by atoms with Gasteiger partial charge in [0.2, 0.25) is 0 Å². The average Bonchev–Trinajstić information content (AvgIpc) is 3.72. The summed E-state index contributed by atoms with van der Waals surface area (Å²) >= 11 is 0. The molecule has 0 radical (unpaired) electrons. The predicted molar refractivity (Wildman–Crippen MR) is 208 cm³/mol. The van der Waals surface area contributed by atoms with E-state index in [1.807, 2.05) is 12.1 Å². The molecular formula is C44H64N2O3S. The molecule has 4 saturated carbocycles. The second-order valence-corrected chi connectivity index (χ2v) is 22.5. The summed E-state index contributed by atoms with van der Waals surface area (Å²) < 4.78 is 12.8. The van der Waals surface area contributed by atoms with Gasteiger partial charge in [-0.2, -0.15) is 0 Å². The maximum atomic E-state index is 12.8. The van der Waals surface area contributed by atoms with Crippen LogP contribution in [0.3, 0.4) is 0 Å². The number of rotatable bonds is 7. The average molecular weight is 701 g/mol. The van der Waals surface area contributed by atoms with Crippen molar-refractivity contribution in [3.05, 3.63) is 53.6 Å². The minimum Gasteiger partial charge on any atom is -0.478 e.